The second kappa shape index (κ2) is 9.20. The number of amides is 2. The molecule has 4 rings (SSSR count). The summed E-state index contributed by atoms with van der Waals surface area (Å²) in [6.07, 6.45) is 3.93. The molecule has 1 atom stereocenters. The minimum atomic E-state index is -0.308. The van der Waals surface area contributed by atoms with Crippen molar-refractivity contribution >= 4 is 17.6 Å². The first kappa shape index (κ1) is 20.9. The van der Waals surface area contributed by atoms with Gasteiger partial charge >= 0.3 is 6.09 Å². The molecule has 1 aliphatic heterocycles. The van der Waals surface area contributed by atoms with Crippen LogP contribution in [-0.2, 0) is 9.53 Å². The van der Waals surface area contributed by atoms with Crippen molar-refractivity contribution in [2.75, 3.05) is 32.8 Å². The third-order valence-corrected chi connectivity index (χ3v) is 5.86. The van der Waals surface area contributed by atoms with Crippen LogP contribution in [0.2, 0.25) is 0 Å². The fourth-order valence-electron chi connectivity index (χ4n) is 4.16. The van der Waals surface area contributed by atoms with Crippen LogP contribution < -0.4 is 0 Å². The average Bonchev–Trinajstić information content (AvgIpc) is 3.23. The van der Waals surface area contributed by atoms with E-state index in [2.05, 4.69) is 21.5 Å². The second-order valence-electron chi connectivity index (χ2n) is 7.80. The van der Waals surface area contributed by atoms with Crippen molar-refractivity contribution in [1.82, 2.24) is 19.2 Å². The van der Waals surface area contributed by atoms with E-state index in [1.165, 1.54) is 0 Å². The molecule has 0 spiro atoms. The molecule has 0 unspecified atom stereocenters. The van der Waals surface area contributed by atoms with Gasteiger partial charge in [-0.05, 0) is 31.0 Å². The first-order valence-electron chi connectivity index (χ1n) is 10.8. The Morgan fingerprint density at radius 1 is 1.03 bits per heavy atom. The normalized spacial score (nSPS) is 15.2. The zero-order valence-corrected chi connectivity index (χ0v) is 18.0. The topological polar surface area (TPSA) is 67.2 Å². The molecule has 1 fully saturated rings. The Morgan fingerprint density at radius 3 is 2.45 bits per heavy atom. The number of piperazine rings is 1. The van der Waals surface area contributed by atoms with E-state index in [1.54, 1.807) is 11.8 Å². The Kier molecular flexibility index (Phi) is 6.21. The molecule has 0 bridgehead atoms. The third-order valence-electron chi connectivity index (χ3n) is 5.86. The summed E-state index contributed by atoms with van der Waals surface area (Å²) in [5.74, 6) is -0.0199. The quantitative estimate of drug-likeness (QED) is 0.634. The zero-order valence-electron chi connectivity index (χ0n) is 18.0. The first-order valence-corrected chi connectivity index (χ1v) is 10.8. The maximum atomic E-state index is 13.2. The lowest BCUT2D eigenvalue weighted by Crippen LogP contribution is -2.51. The number of fused-ring (bicyclic) bond motifs is 1. The highest BCUT2D eigenvalue weighted by atomic mass is 16.6. The van der Waals surface area contributed by atoms with E-state index >= 15 is 0 Å². The van der Waals surface area contributed by atoms with Gasteiger partial charge in [0.25, 0.3) is 0 Å². The molecule has 0 N–H and O–H groups in total. The summed E-state index contributed by atoms with van der Waals surface area (Å²) in [7, 11) is 0. The van der Waals surface area contributed by atoms with E-state index in [-0.39, 0.29) is 17.9 Å². The van der Waals surface area contributed by atoms with E-state index in [1.807, 2.05) is 54.5 Å². The minimum absolute atomic E-state index is 0.0833. The molecule has 0 saturated carbocycles. The molecule has 3 aromatic rings. The Balaban J connectivity index is 1.54. The van der Waals surface area contributed by atoms with Crippen molar-refractivity contribution < 1.29 is 14.3 Å². The molecule has 2 amide bonds. The number of pyridine rings is 1. The van der Waals surface area contributed by atoms with Crippen LogP contribution in [0.1, 0.15) is 36.1 Å². The SMILES string of the molecule is CCOC(=O)N1CCN(C(=O)C[C@@H](c2ccccc2)c2cnc3c(C)cccn23)CC1. The van der Waals surface area contributed by atoms with Crippen molar-refractivity contribution in [2.45, 2.75) is 26.2 Å². The van der Waals surface area contributed by atoms with E-state index in [4.69, 9.17) is 4.74 Å². The van der Waals surface area contributed by atoms with Gasteiger partial charge in [-0.15, -0.1) is 0 Å². The molecule has 31 heavy (non-hydrogen) atoms. The number of hydrogen-bond acceptors (Lipinski definition) is 4. The van der Waals surface area contributed by atoms with Crippen LogP contribution in [0.5, 0.6) is 0 Å². The number of hydrogen-bond donors (Lipinski definition) is 0. The fraction of sp³-hybridized carbons (Fsp3) is 0.375. The van der Waals surface area contributed by atoms with Gasteiger partial charge in [-0.1, -0.05) is 36.4 Å². The number of carbonyl (C=O) groups excluding carboxylic acids is 2. The lowest BCUT2D eigenvalue weighted by atomic mass is 9.92. The number of carbonyl (C=O) groups is 2. The van der Waals surface area contributed by atoms with Gasteiger partial charge in [-0.2, -0.15) is 0 Å². The van der Waals surface area contributed by atoms with Crippen LogP contribution in [0.4, 0.5) is 4.79 Å². The molecule has 0 aliphatic carbocycles. The number of imidazole rings is 1. The van der Waals surface area contributed by atoms with Gasteiger partial charge in [-0.3, -0.25) is 4.79 Å². The lowest BCUT2D eigenvalue weighted by Gasteiger charge is -2.34. The van der Waals surface area contributed by atoms with E-state index < -0.39 is 0 Å². The van der Waals surface area contributed by atoms with Gasteiger partial charge in [0.1, 0.15) is 5.65 Å². The Hall–Kier alpha value is -3.35. The molecule has 2 aromatic heterocycles. The maximum absolute atomic E-state index is 13.2. The number of aromatic nitrogens is 2. The maximum Gasteiger partial charge on any atom is 0.409 e. The van der Waals surface area contributed by atoms with Crippen molar-refractivity contribution in [3.63, 3.8) is 0 Å². The summed E-state index contributed by atoms with van der Waals surface area (Å²) in [4.78, 5) is 33.3. The molecular formula is C24H28N4O3. The van der Waals surface area contributed by atoms with Crippen molar-refractivity contribution in [3.8, 4) is 0 Å². The Bertz CT molecular complexity index is 1060. The van der Waals surface area contributed by atoms with Crippen LogP contribution in [0.3, 0.4) is 0 Å². The van der Waals surface area contributed by atoms with Crippen LogP contribution in [0.15, 0.2) is 54.9 Å². The van der Waals surface area contributed by atoms with Crippen LogP contribution in [-0.4, -0.2) is 64.0 Å². The lowest BCUT2D eigenvalue weighted by molar-refractivity contribution is -0.133. The highest BCUT2D eigenvalue weighted by Crippen LogP contribution is 2.30. The van der Waals surface area contributed by atoms with Gasteiger partial charge in [0.05, 0.1) is 12.3 Å². The second-order valence-corrected chi connectivity index (χ2v) is 7.80. The molecule has 162 valence electrons. The van der Waals surface area contributed by atoms with Crippen LogP contribution in [0, 0.1) is 6.92 Å². The molecule has 1 aromatic carbocycles. The van der Waals surface area contributed by atoms with Crippen LogP contribution in [0.25, 0.3) is 5.65 Å². The number of benzene rings is 1. The zero-order chi connectivity index (χ0) is 21.8. The largest absolute Gasteiger partial charge is 0.450 e. The monoisotopic (exact) mass is 420 g/mol. The summed E-state index contributed by atoms with van der Waals surface area (Å²) < 4.78 is 7.16. The highest BCUT2D eigenvalue weighted by Gasteiger charge is 2.28. The molecular weight excluding hydrogens is 392 g/mol. The molecule has 3 heterocycles. The number of rotatable bonds is 5. The summed E-state index contributed by atoms with van der Waals surface area (Å²) in [5.41, 5.74) is 4.10. The summed E-state index contributed by atoms with van der Waals surface area (Å²) in [5, 5.41) is 0. The predicted octanol–water partition coefficient (Wildman–Crippen LogP) is 3.47. The summed E-state index contributed by atoms with van der Waals surface area (Å²) >= 11 is 0. The van der Waals surface area contributed by atoms with E-state index in [9.17, 15) is 9.59 Å². The Labute approximate surface area is 182 Å². The number of ether oxygens (including phenoxy) is 1. The number of nitrogens with zero attached hydrogens (tertiary/aromatic N) is 4. The molecule has 7 heteroatoms. The third kappa shape index (κ3) is 4.40. The van der Waals surface area contributed by atoms with E-state index in [0.717, 1.165) is 22.5 Å². The molecule has 0 radical (unpaired) electrons. The van der Waals surface area contributed by atoms with Gasteiger partial charge in [0.2, 0.25) is 5.91 Å². The van der Waals surface area contributed by atoms with E-state index in [0.29, 0.717) is 39.2 Å². The summed E-state index contributed by atoms with van der Waals surface area (Å²) in [6.45, 7) is 6.22. The highest BCUT2D eigenvalue weighted by molar-refractivity contribution is 5.78. The van der Waals surface area contributed by atoms with Crippen molar-refractivity contribution in [3.05, 3.63) is 71.7 Å². The minimum Gasteiger partial charge on any atom is -0.450 e. The Morgan fingerprint density at radius 2 is 1.74 bits per heavy atom. The smallest absolute Gasteiger partial charge is 0.409 e. The van der Waals surface area contributed by atoms with Gasteiger partial charge in [0, 0.05) is 50.9 Å². The van der Waals surface area contributed by atoms with Crippen molar-refractivity contribution in [1.29, 1.82) is 0 Å². The van der Waals surface area contributed by atoms with Gasteiger partial charge in [-0.25, -0.2) is 9.78 Å². The average molecular weight is 421 g/mol. The van der Waals surface area contributed by atoms with Gasteiger partial charge in [0.15, 0.2) is 0 Å². The predicted molar refractivity (Wildman–Crippen MR) is 118 cm³/mol. The standard InChI is InChI=1S/C24H28N4O3/c1-3-31-24(30)27-14-12-26(13-15-27)22(29)16-20(19-9-5-4-6-10-19)21-17-25-23-18(2)8-7-11-28(21)23/h4-11,17,20H,3,12-16H2,1-2H3/t20-/m0/s1. The van der Waals surface area contributed by atoms with Crippen LogP contribution >= 0.6 is 0 Å². The van der Waals surface area contributed by atoms with Crippen molar-refractivity contribution in [2.24, 2.45) is 0 Å². The number of aryl methyl sites for hydroxylation is 1. The first-order chi connectivity index (χ1) is 15.1. The summed E-state index contributed by atoms with van der Waals surface area (Å²) in [6, 6.07) is 14.1. The molecule has 7 nitrogen and oxygen atoms in total. The van der Waals surface area contributed by atoms with Gasteiger partial charge < -0.3 is 18.9 Å². The molecule has 1 saturated heterocycles. The fourth-order valence-corrected chi connectivity index (χ4v) is 4.16. The molecule has 1 aliphatic rings.